The van der Waals surface area contributed by atoms with Crippen LogP contribution in [0.15, 0.2) is 23.6 Å². The van der Waals surface area contributed by atoms with Gasteiger partial charge in [0.1, 0.15) is 0 Å². The lowest BCUT2D eigenvalue weighted by atomic mass is 9.84. The van der Waals surface area contributed by atoms with Gasteiger partial charge in [-0.3, -0.25) is 0 Å². The van der Waals surface area contributed by atoms with Crippen molar-refractivity contribution >= 4 is 11.8 Å². The van der Waals surface area contributed by atoms with Crippen LogP contribution in [0.1, 0.15) is 32.1 Å². The molecule has 2 rings (SSSR count). The summed E-state index contributed by atoms with van der Waals surface area (Å²) in [6, 6.07) is 2.46. The predicted molar refractivity (Wildman–Crippen MR) is 72.2 cm³/mol. The Hall–Kier alpha value is -0.610. The molecule has 1 saturated carbocycles. The van der Waals surface area contributed by atoms with Gasteiger partial charge in [0.2, 0.25) is 0 Å². The maximum Gasteiger partial charge on any atom is 0.187 e. The zero-order chi connectivity index (χ0) is 11.9. The van der Waals surface area contributed by atoms with Gasteiger partial charge in [0.25, 0.3) is 0 Å². The summed E-state index contributed by atoms with van der Waals surface area (Å²) >= 11 is 1.76. The summed E-state index contributed by atoms with van der Waals surface area (Å²) in [5, 5.41) is 4.36. The largest absolute Gasteiger partial charge is 0.316 e. The highest BCUT2D eigenvalue weighted by Crippen LogP contribution is 2.28. The molecule has 0 amide bonds. The molecule has 17 heavy (non-hydrogen) atoms. The first-order valence-electron chi connectivity index (χ1n) is 6.47. The Morgan fingerprint density at radius 1 is 1.29 bits per heavy atom. The lowest BCUT2D eigenvalue weighted by molar-refractivity contribution is 0.294. The quantitative estimate of drug-likeness (QED) is 0.645. The minimum Gasteiger partial charge on any atom is -0.316 e. The number of hydrogen-bond donors (Lipinski definition) is 1. The molecule has 1 fully saturated rings. The van der Waals surface area contributed by atoms with Gasteiger partial charge in [-0.05, 0) is 31.9 Å². The first-order chi connectivity index (χ1) is 8.40. The van der Waals surface area contributed by atoms with Crippen molar-refractivity contribution in [3.05, 3.63) is 18.5 Å². The Morgan fingerprint density at radius 3 is 2.65 bits per heavy atom. The predicted octanol–water partition coefficient (Wildman–Crippen LogP) is 2.74. The summed E-state index contributed by atoms with van der Waals surface area (Å²) in [5.41, 5.74) is 0. The molecule has 4 heteroatoms. The Morgan fingerprint density at radius 2 is 2.00 bits per heavy atom. The Kier molecular flexibility index (Phi) is 5.26. The third-order valence-electron chi connectivity index (χ3n) is 3.52. The number of aromatic nitrogens is 2. The molecule has 0 aliphatic heterocycles. The Labute approximate surface area is 108 Å². The van der Waals surface area contributed by atoms with Gasteiger partial charge < -0.3 is 5.32 Å². The summed E-state index contributed by atoms with van der Waals surface area (Å²) in [6.45, 7) is 0. The highest BCUT2D eigenvalue weighted by atomic mass is 32.2. The van der Waals surface area contributed by atoms with Crippen LogP contribution in [0.3, 0.4) is 0 Å². The fraction of sp³-hybridized carbons (Fsp3) is 0.692. The number of hydrogen-bond acceptors (Lipinski definition) is 4. The molecule has 1 atom stereocenters. The van der Waals surface area contributed by atoms with Gasteiger partial charge in [0.05, 0.1) is 0 Å². The molecule has 3 nitrogen and oxygen atoms in total. The third-order valence-corrected chi connectivity index (χ3v) is 4.52. The van der Waals surface area contributed by atoms with Crippen LogP contribution in [-0.2, 0) is 0 Å². The summed E-state index contributed by atoms with van der Waals surface area (Å²) in [7, 11) is 2.08. The van der Waals surface area contributed by atoms with E-state index in [0.717, 1.165) is 16.8 Å². The van der Waals surface area contributed by atoms with E-state index < -0.39 is 0 Å². The lowest BCUT2D eigenvalue weighted by Gasteiger charge is -2.29. The topological polar surface area (TPSA) is 37.8 Å². The third kappa shape index (κ3) is 3.96. The average Bonchev–Trinajstić information content (AvgIpc) is 2.42. The zero-order valence-electron chi connectivity index (χ0n) is 10.4. The van der Waals surface area contributed by atoms with Crippen LogP contribution in [0.5, 0.6) is 0 Å². The van der Waals surface area contributed by atoms with Crippen LogP contribution in [0.25, 0.3) is 0 Å². The van der Waals surface area contributed by atoms with Crippen molar-refractivity contribution in [1.82, 2.24) is 15.3 Å². The van der Waals surface area contributed by atoms with Gasteiger partial charge in [-0.15, -0.1) is 0 Å². The number of thioether (sulfide) groups is 1. The molecule has 0 aromatic carbocycles. The molecule has 1 aliphatic rings. The van der Waals surface area contributed by atoms with E-state index in [-0.39, 0.29) is 0 Å². The van der Waals surface area contributed by atoms with E-state index in [1.807, 2.05) is 18.5 Å². The molecular formula is C13H21N3S. The first-order valence-corrected chi connectivity index (χ1v) is 7.46. The van der Waals surface area contributed by atoms with E-state index in [4.69, 9.17) is 0 Å². The maximum absolute atomic E-state index is 4.25. The van der Waals surface area contributed by atoms with Crippen molar-refractivity contribution in [1.29, 1.82) is 0 Å². The Balaban J connectivity index is 1.82. The average molecular weight is 251 g/mol. The second kappa shape index (κ2) is 6.97. The first kappa shape index (κ1) is 12.8. The fourth-order valence-electron chi connectivity index (χ4n) is 2.52. The molecule has 1 aromatic rings. The van der Waals surface area contributed by atoms with Gasteiger partial charge >= 0.3 is 0 Å². The van der Waals surface area contributed by atoms with Gasteiger partial charge in [-0.2, -0.15) is 0 Å². The van der Waals surface area contributed by atoms with E-state index in [1.165, 1.54) is 32.1 Å². The second-order valence-corrected chi connectivity index (χ2v) is 5.62. The normalized spacial score (nSPS) is 19.1. The zero-order valence-corrected chi connectivity index (χ0v) is 11.2. The van der Waals surface area contributed by atoms with Crippen LogP contribution < -0.4 is 5.32 Å². The minimum absolute atomic E-state index is 0.601. The van der Waals surface area contributed by atoms with Gasteiger partial charge in [-0.1, -0.05) is 31.0 Å². The number of nitrogens with one attached hydrogen (secondary N) is 1. The molecule has 0 saturated heterocycles. The number of nitrogens with zero attached hydrogens (tertiary/aromatic N) is 2. The SMILES string of the molecule is CNC(CSc1ncccn1)C1CCCCC1. The molecule has 1 aromatic heterocycles. The molecule has 1 unspecified atom stereocenters. The summed E-state index contributed by atoms with van der Waals surface area (Å²) in [5.74, 6) is 1.91. The maximum atomic E-state index is 4.25. The lowest BCUT2D eigenvalue weighted by Crippen LogP contribution is -2.36. The molecular weight excluding hydrogens is 230 g/mol. The van der Waals surface area contributed by atoms with Crippen molar-refractivity contribution in [3.8, 4) is 0 Å². The molecule has 1 heterocycles. The van der Waals surface area contributed by atoms with Crippen LogP contribution in [0, 0.1) is 5.92 Å². The van der Waals surface area contributed by atoms with Crippen LogP contribution >= 0.6 is 11.8 Å². The van der Waals surface area contributed by atoms with Crippen LogP contribution in [0.2, 0.25) is 0 Å². The molecule has 1 aliphatic carbocycles. The molecule has 0 bridgehead atoms. The molecule has 1 N–H and O–H groups in total. The highest BCUT2D eigenvalue weighted by molar-refractivity contribution is 7.99. The van der Waals surface area contributed by atoms with Crippen molar-refractivity contribution in [2.45, 2.75) is 43.3 Å². The van der Waals surface area contributed by atoms with E-state index in [2.05, 4.69) is 22.3 Å². The van der Waals surface area contributed by atoms with Crippen molar-refractivity contribution in [2.24, 2.45) is 5.92 Å². The van der Waals surface area contributed by atoms with Gasteiger partial charge in [0.15, 0.2) is 5.16 Å². The van der Waals surface area contributed by atoms with E-state index in [1.54, 1.807) is 11.8 Å². The summed E-state index contributed by atoms with van der Waals surface area (Å²) < 4.78 is 0. The second-order valence-electron chi connectivity index (χ2n) is 4.64. The van der Waals surface area contributed by atoms with Crippen LogP contribution in [0.4, 0.5) is 0 Å². The van der Waals surface area contributed by atoms with Crippen molar-refractivity contribution in [3.63, 3.8) is 0 Å². The monoisotopic (exact) mass is 251 g/mol. The van der Waals surface area contributed by atoms with Crippen molar-refractivity contribution in [2.75, 3.05) is 12.8 Å². The van der Waals surface area contributed by atoms with E-state index in [9.17, 15) is 0 Å². The molecule has 0 radical (unpaired) electrons. The smallest absolute Gasteiger partial charge is 0.187 e. The highest BCUT2D eigenvalue weighted by Gasteiger charge is 2.22. The van der Waals surface area contributed by atoms with E-state index in [0.29, 0.717) is 6.04 Å². The summed E-state index contributed by atoms with van der Waals surface area (Å²) in [4.78, 5) is 8.51. The Bertz CT molecular complexity index is 312. The fourth-order valence-corrected chi connectivity index (χ4v) is 3.55. The van der Waals surface area contributed by atoms with Gasteiger partial charge in [-0.25, -0.2) is 9.97 Å². The standard InChI is InChI=1S/C13H21N3S/c1-14-12(11-6-3-2-4-7-11)10-17-13-15-8-5-9-16-13/h5,8-9,11-12,14H,2-4,6-7,10H2,1H3. The number of rotatable bonds is 5. The molecule has 94 valence electrons. The molecule has 0 spiro atoms. The van der Waals surface area contributed by atoms with Crippen molar-refractivity contribution < 1.29 is 0 Å². The van der Waals surface area contributed by atoms with E-state index >= 15 is 0 Å². The van der Waals surface area contributed by atoms with Crippen LogP contribution in [-0.4, -0.2) is 28.8 Å². The minimum atomic E-state index is 0.601. The summed E-state index contributed by atoms with van der Waals surface area (Å²) in [6.07, 6.45) is 10.6. The van der Waals surface area contributed by atoms with Gasteiger partial charge in [0, 0.05) is 24.2 Å².